The standard InChI is InChI=1S/C22H28N2OS/c1-17-6-4-8-20(14-17)15-26-16-22(25)24-12-10-23(11-13-24)21-9-5-7-18(2)19(21)3/h4-9,14H,10-13,15-16H2,1-3H3. The van der Waals surface area contributed by atoms with E-state index in [-0.39, 0.29) is 5.91 Å². The molecule has 0 aliphatic carbocycles. The fraction of sp³-hybridized carbons (Fsp3) is 0.409. The van der Waals surface area contributed by atoms with Crippen LogP contribution in [0, 0.1) is 20.8 Å². The van der Waals surface area contributed by atoms with Crippen molar-refractivity contribution < 1.29 is 4.79 Å². The molecule has 4 heteroatoms. The number of hydrogen-bond donors (Lipinski definition) is 0. The molecule has 0 bridgehead atoms. The summed E-state index contributed by atoms with van der Waals surface area (Å²) >= 11 is 1.71. The van der Waals surface area contributed by atoms with Crippen LogP contribution in [-0.2, 0) is 10.5 Å². The van der Waals surface area contributed by atoms with Crippen LogP contribution in [0.4, 0.5) is 5.69 Å². The highest BCUT2D eigenvalue weighted by atomic mass is 32.2. The Balaban J connectivity index is 1.47. The van der Waals surface area contributed by atoms with Crippen LogP contribution in [0.15, 0.2) is 42.5 Å². The predicted molar refractivity (Wildman–Crippen MR) is 112 cm³/mol. The van der Waals surface area contributed by atoms with Crippen LogP contribution < -0.4 is 4.90 Å². The molecule has 0 spiro atoms. The topological polar surface area (TPSA) is 23.6 Å². The summed E-state index contributed by atoms with van der Waals surface area (Å²) in [4.78, 5) is 16.9. The Morgan fingerprint density at radius 3 is 2.46 bits per heavy atom. The van der Waals surface area contributed by atoms with Gasteiger partial charge in [-0.15, -0.1) is 11.8 Å². The fourth-order valence-corrected chi connectivity index (χ4v) is 4.30. The number of rotatable bonds is 5. The Labute approximate surface area is 161 Å². The molecule has 0 N–H and O–H groups in total. The van der Waals surface area contributed by atoms with Crippen LogP contribution in [0.3, 0.4) is 0 Å². The maximum atomic E-state index is 12.5. The van der Waals surface area contributed by atoms with Gasteiger partial charge in [-0.25, -0.2) is 0 Å². The molecule has 1 saturated heterocycles. The van der Waals surface area contributed by atoms with Gasteiger partial charge in [-0.2, -0.15) is 0 Å². The maximum Gasteiger partial charge on any atom is 0.232 e. The van der Waals surface area contributed by atoms with Crippen LogP contribution in [-0.4, -0.2) is 42.7 Å². The summed E-state index contributed by atoms with van der Waals surface area (Å²) in [6.07, 6.45) is 0. The van der Waals surface area contributed by atoms with Crippen LogP contribution in [0.25, 0.3) is 0 Å². The first kappa shape index (κ1) is 18.8. The molecule has 26 heavy (non-hydrogen) atoms. The number of hydrogen-bond acceptors (Lipinski definition) is 3. The first-order valence-corrected chi connectivity index (χ1v) is 10.4. The average Bonchev–Trinajstić information content (AvgIpc) is 2.64. The lowest BCUT2D eigenvalue weighted by Gasteiger charge is -2.37. The zero-order chi connectivity index (χ0) is 18.5. The van der Waals surface area contributed by atoms with Gasteiger partial charge in [0.2, 0.25) is 5.91 Å². The van der Waals surface area contributed by atoms with Crippen molar-refractivity contribution in [3.8, 4) is 0 Å². The second-order valence-electron chi connectivity index (χ2n) is 7.07. The Kier molecular flexibility index (Phi) is 6.25. The molecule has 1 aliphatic heterocycles. The smallest absolute Gasteiger partial charge is 0.232 e. The first-order valence-electron chi connectivity index (χ1n) is 9.27. The molecule has 3 rings (SSSR count). The van der Waals surface area contributed by atoms with Gasteiger partial charge in [-0.3, -0.25) is 4.79 Å². The monoisotopic (exact) mass is 368 g/mol. The summed E-state index contributed by atoms with van der Waals surface area (Å²) in [6, 6.07) is 15.0. The highest BCUT2D eigenvalue weighted by molar-refractivity contribution is 7.99. The number of thioether (sulfide) groups is 1. The summed E-state index contributed by atoms with van der Waals surface area (Å²) in [7, 11) is 0. The van der Waals surface area contributed by atoms with E-state index >= 15 is 0 Å². The number of benzene rings is 2. The molecule has 1 amide bonds. The molecular formula is C22H28N2OS. The molecular weight excluding hydrogens is 340 g/mol. The lowest BCUT2D eigenvalue weighted by molar-refractivity contribution is -0.128. The zero-order valence-electron chi connectivity index (χ0n) is 16.0. The summed E-state index contributed by atoms with van der Waals surface area (Å²) in [5.41, 5.74) is 6.56. The normalized spacial score (nSPS) is 14.6. The van der Waals surface area contributed by atoms with Gasteiger partial charge < -0.3 is 9.80 Å². The van der Waals surface area contributed by atoms with E-state index in [9.17, 15) is 4.79 Å². The van der Waals surface area contributed by atoms with Crippen LogP contribution in [0.1, 0.15) is 22.3 Å². The van der Waals surface area contributed by atoms with E-state index in [0.29, 0.717) is 5.75 Å². The summed E-state index contributed by atoms with van der Waals surface area (Å²) in [5.74, 6) is 1.73. The van der Waals surface area contributed by atoms with Gasteiger partial charge in [0.25, 0.3) is 0 Å². The minimum absolute atomic E-state index is 0.267. The molecule has 0 radical (unpaired) electrons. The molecule has 1 aliphatic rings. The number of nitrogens with zero attached hydrogens (tertiary/aromatic N) is 2. The molecule has 1 fully saturated rings. The molecule has 0 aromatic heterocycles. The van der Waals surface area contributed by atoms with E-state index in [2.05, 4.69) is 68.1 Å². The Hall–Kier alpha value is -1.94. The van der Waals surface area contributed by atoms with E-state index < -0.39 is 0 Å². The van der Waals surface area contributed by atoms with E-state index in [0.717, 1.165) is 31.9 Å². The number of aryl methyl sites for hydroxylation is 2. The van der Waals surface area contributed by atoms with E-state index in [4.69, 9.17) is 0 Å². The lowest BCUT2D eigenvalue weighted by Crippen LogP contribution is -2.49. The van der Waals surface area contributed by atoms with Gasteiger partial charge in [0, 0.05) is 37.6 Å². The SMILES string of the molecule is Cc1cccc(CSCC(=O)N2CCN(c3cccc(C)c3C)CC2)c1. The van der Waals surface area contributed by atoms with Crippen LogP contribution in [0.5, 0.6) is 0 Å². The molecule has 1 heterocycles. The third-order valence-corrected chi connectivity index (χ3v) is 6.11. The van der Waals surface area contributed by atoms with Crippen molar-refractivity contribution in [1.29, 1.82) is 0 Å². The Bertz CT molecular complexity index is 766. The van der Waals surface area contributed by atoms with Crippen molar-refractivity contribution in [3.05, 3.63) is 64.7 Å². The quantitative estimate of drug-likeness (QED) is 0.790. The zero-order valence-corrected chi connectivity index (χ0v) is 16.8. The first-order chi connectivity index (χ1) is 12.5. The van der Waals surface area contributed by atoms with E-state index in [1.54, 1.807) is 11.8 Å². The second-order valence-corrected chi connectivity index (χ2v) is 8.05. The van der Waals surface area contributed by atoms with E-state index in [1.165, 1.54) is 27.9 Å². The minimum Gasteiger partial charge on any atom is -0.368 e. The molecule has 2 aromatic rings. The summed E-state index contributed by atoms with van der Waals surface area (Å²) in [6.45, 7) is 9.91. The molecule has 0 atom stereocenters. The van der Waals surface area contributed by atoms with Crippen molar-refractivity contribution in [2.24, 2.45) is 0 Å². The summed E-state index contributed by atoms with van der Waals surface area (Å²) in [5, 5.41) is 0. The fourth-order valence-electron chi connectivity index (χ4n) is 3.42. The molecule has 138 valence electrons. The van der Waals surface area contributed by atoms with Crippen molar-refractivity contribution >= 4 is 23.4 Å². The minimum atomic E-state index is 0.267. The van der Waals surface area contributed by atoms with Crippen molar-refractivity contribution in [3.63, 3.8) is 0 Å². The number of carbonyl (C=O) groups excluding carboxylic acids is 1. The Morgan fingerprint density at radius 2 is 1.73 bits per heavy atom. The summed E-state index contributed by atoms with van der Waals surface area (Å²) < 4.78 is 0. The van der Waals surface area contributed by atoms with Crippen molar-refractivity contribution in [1.82, 2.24) is 4.90 Å². The molecule has 2 aromatic carbocycles. The predicted octanol–water partition coefficient (Wildman–Crippen LogP) is 4.19. The molecule has 3 nitrogen and oxygen atoms in total. The largest absolute Gasteiger partial charge is 0.368 e. The molecule has 0 saturated carbocycles. The third-order valence-electron chi connectivity index (χ3n) is 5.13. The van der Waals surface area contributed by atoms with Gasteiger partial charge in [-0.05, 0) is 43.5 Å². The van der Waals surface area contributed by atoms with Crippen molar-refractivity contribution in [2.45, 2.75) is 26.5 Å². The van der Waals surface area contributed by atoms with Gasteiger partial charge in [0.1, 0.15) is 0 Å². The van der Waals surface area contributed by atoms with Gasteiger partial charge in [0.15, 0.2) is 0 Å². The highest BCUT2D eigenvalue weighted by Gasteiger charge is 2.22. The molecule has 0 unspecified atom stereocenters. The average molecular weight is 369 g/mol. The number of carbonyl (C=O) groups is 1. The van der Waals surface area contributed by atoms with Crippen molar-refractivity contribution in [2.75, 3.05) is 36.8 Å². The number of piperazine rings is 1. The maximum absolute atomic E-state index is 12.5. The lowest BCUT2D eigenvalue weighted by atomic mass is 10.1. The second kappa shape index (κ2) is 8.63. The Morgan fingerprint density at radius 1 is 1.00 bits per heavy atom. The van der Waals surface area contributed by atoms with E-state index in [1.807, 2.05) is 4.90 Å². The number of anilines is 1. The number of amides is 1. The van der Waals surface area contributed by atoms with Gasteiger partial charge in [-0.1, -0.05) is 42.0 Å². The van der Waals surface area contributed by atoms with Crippen LogP contribution in [0.2, 0.25) is 0 Å². The van der Waals surface area contributed by atoms with Gasteiger partial charge in [0.05, 0.1) is 5.75 Å². The van der Waals surface area contributed by atoms with Crippen LogP contribution >= 0.6 is 11.8 Å². The van der Waals surface area contributed by atoms with Gasteiger partial charge >= 0.3 is 0 Å². The highest BCUT2D eigenvalue weighted by Crippen LogP contribution is 2.24. The third kappa shape index (κ3) is 4.61.